The molecular formula is C8H11NO3. The summed E-state index contributed by atoms with van der Waals surface area (Å²) < 4.78 is 0. The molecule has 0 aromatic heterocycles. The van der Waals surface area contributed by atoms with Crippen LogP contribution in [0.4, 0.5) is 0 Å². The van der Waals surface area contributed by atoms with Gasteiger partial charge in [-0.3, -0.25) is 14.9 Å². The molecule has 1 aliphatic heterocycles. The van der Waals surface area contributed by atoms with Gasteiger partial charge in [0.2, 0.25) is 5.91 Å². The zero-order valence-electron chi connectivity index (χ0n) is 6.67. The molecule has 2 N–H and O–H groups in total. The van der Waals surface area contributed by atoms with Gasteiger partial charge in [0.1, 0.15) is 0 Å². The number of hydrogen-bond acceptors (Lipinski definition) is 3. The Morgan fingerprint density at radius 3 is 2.83 bits per heavy atom. The molecule has 66 valence electrons. The number of carbonyl (C=O) groups is 2. The van der Waals surface area contributed by atoms with Crippen molar-refractivity contribution in [1.82, 2.24) is 5.32 Å². The lowest BCUT2D eigenvalue weighted by Gasteiger charge is -2.29. The number of aliphatic hydroxyl groups is 1. The Labute approximate surface area is 69.9 Å². The second-order valence-corrected chi connectivity index (χ2v) is 3.54. The van der Waals surface area contributed by atoms with Gasteiger partial charge in [-0.25, -0.2) is 0 Å². The normalized spacial score (nSPS) is 40.9. The van der Waals surface area contributed by atoms with Crippen LogP contribution in [-0.4, -0.2) is 22.5 Å². The average Bonchev–Trinajstić information content (AvgIpc) is 2.25. The van der Waals surface area contributed by atoms with Crippen LogP contribution in [0, 0.1) is 5.92 Å². The lowest BCUT2D eigenvalue weighted by atomic mass is 9.77. The van der Waals surface area contributed by atoms with Gasteiger partial charge >= 0.3 is 0 Å². The molecule has 1 saturated carbocycles. The third-order valence-corrected chi connectivity index (χ3v) is 2.82. The maximum absolute atomic E-state index is 11.2. The van der Waals surface area contributed by atoms with Crippen molar-refractivity contribution in [2.45, 2.75) is 31.3 Å². The maximum Gasteiger partial charge on any atom is 0.259 e. The first kappa shape index (κ1) is 7.73. The van der Waals surface area contributed by atoms with E-state index >= 15 is 0 Å². The topological polar surface area (TPSA) is 66.4 Å². The van der Waals surface area contributed by atoms with Gasteiger partial charge in [0, 0.05) is 0 Å². The smallest absolute Gasteiger partial charge is 0.259 e. The number of carbonyl (C=O) groups excluding carboxylic acids is 2. The summed E-state index contributed by atoms with van der Waals surface area (Å²) in [5, 5.41) is 12.0. The minimum atomic E-state index is -1.38. The lowest BCUT2D eigenvalue weighted by Crippen LogP contribution is -2.44. The summed E-state index contributed by atoms with van der Waals surface area (Å²) in [5.41, 5.74) is -1.38. The van der Waals surface area contributed by atoms with Crippen LogP contribution in [0.1, 0.15) is 25.7 Å². The third-order valence-electron chi connectivity index (χ3n) is 2.82. The molecular weight excluding hydrogens is 158 g/mol. The molecule has 0 aromatic carbocycles. The molecule has 4 nitrogen and oxygen atoms in total. The summed E-state index contributed by atoms with van der Waals surface area (Å²) in [4.78, 5) is 22.3. The van der Waals surface area contributed by atoms with Crippen LogP contribution in [0.3, 0.4) is 0 Å². The van der Waals surface area contributed by atoms with Gasteiger partial charge < -0.3 is 5.11 Å². The van der Waals surface area contributed by atoms with E-state index in [4.69, 9.17) is 0 Å². The first-order chi connectivity index (χ1) is 5.64. The average molecular weight is 169 g/mol. The van der Waals surface area contributed by atoms with Crippen molar-refractivity contribution >= 4 is 11.8 Å². The molecule has 12 heavy (non-hydrogen) atoms. The molecule has 2 rings (SSSR count). The zero-order valence-corrected chi connectivity index (χ0v) is 6.67. The van der Waals surface area contributed by atoms with Crippen molar-refractivity contribution < 1.29 is 14.7 Å². The summed E-state index contributed by atoms with van der Waals surface area (Å²) in [7, 11) is 0. The molecule has 0 bridgehead atoms. The van der Waals surface area contributed by atoms with E-state index in [0.717, 1.165) is 12.8 Å². The van der Waals surface area contributed by atoms with Crippen LogP contribution in [0.2, 0.25) is 0 Å². The molecule has 0 unspecified atom stereocenters. The minimum Gasteiger partial charge on any atom is -0.379 e. The minimum absolute atomic E-state index is 0.304. The summed E-state index contributed by atoms with van der Waals surface area (Å²) in [5.74, 6) is -1.29. The van der Waals surface area contributed by atoms with Gasteiger partial charge in [0.15, 0.2) is 5.60 Å². The molecule has 0 spiro atoms. The second kappa shape index (κ2) is 2.29. The first-order valence-electron chi connectivity index (χ1n) is 4.22. The fourth-order valence-corrected chi connectivity index (χ4v) is 2.08. The number of hydrogen-bond donors (Lipinski definition) is 2. The Morgan fingerprint density at radius 1 is 1.42 bits per heavy atom. The predicted octanol–water partition coefficient (Wildman–Crippen LogP) is -0.436. The van der Waals surface area contributed by atoms with E-state index in [1.54, 1.807) is 0 Å². The number of imide groups is 1. The van der Waals surface area contributed by atoms with Crippen LogP contribution in [0.25, 0.3) is 0 Å². The van der Waals surface area contributed by atoms with Crippen molar-refractivity contribution in [1.29, 1.82) is 0 Å². The summed E-state index contributed by atoms with van der Waals surface area (Å²) in [6.45, 7) is 0. The number of amides is 2. The van der Waals surface area contributed by atoms with Crippen molar-refractivity contribution in [3.05, 3.63) is 0 Å². The van der Waals surface area contributed by atoms with Crippen molar-refractivity contribution in [3.8, 4) is 0 Å². The Morgan fingerprint density at radius 2 is 2.17 bits per heavy atom. The lowest BCUT2D eigenvalue weighted by molar-refractivity contribution is -0.142. The van der Waals surface area contributed by atoms with Crippen LogP contribution in [0.15, 0.2) is 0 Å². The molecule has 2 aliphatic rings. The fourth-order valence-electron chi connectivity index (χ4n) is 2.08. The highest BCUT2D eigenvalue weighted by molar-refractivity contribution is 6.09. The van der Waals surface area contributed by atoms with E-state index in [1.165, 1.54) is 0 Å². The highest BCUT2D eigenvalue weighted by Crippen LogP contribution is 2.37. The van der Waals surface area contributed by atoms with E-state index in [1.807, 2.05) is 0 Å². The van der Waals surface area contributed by atoms with E-state index in [9.17, 15) is 14.7 Å². The molecule has 2 fully saturated rings. The molecule has 1 aliphatic carbocycles. The van der Waals surface area contributed by atoms with Crippen molar-refractivity contribution in [3.63, 3.8) is 0 Å². The summed E-state index contributed by atoms with van der Waals surface area (Å²) >= 11 is 0. The highest BCUT2D eigenvalue weighted by Gasteiger charge is 2.54. The molecule has 1 saturated heterocycles. The molecule has 1 heterocycles. The largest absolute Gasteiger partial charge is 0.379 e. The number of nitrogens with one attached hydrogen (secondary N) is 1. The Hall–Kier alpha value is -0.900. The Bertz CT molecular complexity index is 251. The van der Waals surface area contributed by atoms with Crippen LogP contribution >= 0.6 is 0 Å². The molecule has 2 atom stereocenters. The van der Waals surface area contributed by atoms with Crippen molar-refractivity contribution in [2.24, 2.45) is 5.92 Å². The molecule has 0 aromatic rings. The monoisotopic (exact) mass is 169 g/mol. The van der Waals surface area contributed by atoms with E-state index in [2.05, 4.69) is 5.32 Å². The Balaban J connectivity index is 2.33. The van der Waals surface area contributed by atoms with Gasteiger partial charge in [-0.1, -0.05) is 6.42 Å². The molecule has 4 heteroatoms. The highest BCUT2D eigenvalue weighted by atomic mass is 16.3. The Kier molecular flexibility index (Phi) is 1.48. The van der Waals surface area contributed by atoms with Gasteiger partial charge in [0.25, 0.3) is 5.91 Å². The van der Waals surface area contributed by atoms with E-state index < -0.39 is 17.4 Å². The van der Waals surface area contributed by atoms with Crippen LogP contribution < -0.4 is 5.32 Å². The zero-order chi connectivity index (χ0) is 8.77. The molecule has 0 radical (unpaired) electrons. The van der Waals surface area contributed by atoms with Crippen molar-refractivity contribution in [2.75, 3.05) is 0 Å². The fraction of sp³-hybridized carbons (Fsp3) is 0.750. The van der Waals surface area contributed by atoms with E-state index in [-0.39, 0.29) is 5.91 Å². The van der Waals surface area contributed by atoms with Crippen LogP contribution in [-0.2, 0) is 9.59 Å². The number of fused-ring (bicyclic) bond motifs is 1. The number of rotatable bonds is 0. The summed E-state index contributed by atoms with van der Waals surface area (Å²) in [6, 6.07) is 0. The third kappa shape index (κ3) is 0.813. The van der Waals surface area contributed by atoms with Gasteiger partial charge in [-0.2, -0.15) is 0 Å². The maximum atomic E-state index is 11.2. The SMILES string of the molecule is O=C1NC(=O)[C@]2(O)CCCC[C@H]12. The van der Waals surface area contributed by atoms with Gasteiger partial charge in [0.05, 0.1) is 5.92 Å². The quantitative estimate of drug-likeness (QED) is 0.483. The second-order valence-electron chi connectivity index (χ2n) is 3.54. The van der Waals surface area contributed by atoms with Gasteiger partial charge in [-0.05, 0) is 19.3 Å². The standard InChI is InChI=1S/C8H11NO3/c10-6-5-3-1-2-4-8(5,12)7(11)9-6/h5,12H,1-4H2,(H,9,10,11)/t5-,8+/m1/s1. The first-order valence-corrected chi connectivity index (χ1v) is 4.22. The van der Waals surface area contributed by atoms with Gasteiger partial charge in [-0.15, -0.1) is 0 Å². The summed E-state index contributed by atoms with van der Waals surface area (Å²) in [6.07, 6.45) is 2.81. The predicted molar refractivity (Wildman–Crippen MR) is 40.1 cm³/mol. The van der Waals surface area contributed by atoms with E-state index in [0.29, 0.717) is 12.8 Å². The molecule has 2 amide bonds. The van der Waals surface area contributed by atoms with Crippen LogP contribution in [0.5, 0.6) is 0 Å².